The SMILES string of the molecule is COc1cc2ncnc(Nc3ccc(NC(=O)Nc4cccc(C)c4)cc3)c2cc1OCCCN1CCOCC1. The number of benzene rings is 3. The van der Waals surface area contributed by atoms with Crippen LogP contribution in [0.15, 0.2) is 67.0 Å². The highest BCUT2D eigenvalue weighted by Crippen LogP contribution is 2.35. The van der Waals surface area contributed by atoms with Gasteiger partial charge in [-0.3, -0.25) is 4.90 Å². The summed E-state index contributed by atoms with van der Waals surface area (Å²) in [6.45, 7) is 7.02. The van der Waals surface area contributed by atoms with Gasteiger partial charge in [0.25, 0.3) is 0 Å². The Morgan fingerprint density at radius 2 is 1.73 bits per heavy atom. The average molecular weight is 543 g/mol. The van der Waals surface area contributed by atoms with Crippen LogP contribution in [0.2, 0.25) is 0 Å². The van der Waals surface area contributed by atoms with Gasteiger partial charge in [0.15, 0.2) is 11.5 Å². The second-order valence-corrected chi connectivity index (χ2v) is 9.55. The number of aryl methyl sites for hydroxylation is 1. The molecule has 3 aromatic carbocycles. The Bertz CT molecular complexity index is 1440. The minimum atomic E-state index is -0.306. The summed E-state index contributed by atoms with van der Waals surface area (Å²) in [5, 5.41) is 9.86. The molecule has 0 unspecified atom stereocenters. The molecule has 5 rings (SSSR count). The Hall–Kier alpha value is -4.41. The molecule has 40 heavy (non-hydrogen) atoms. The highest BCUT2D eigenvalue weighted by Gasteiger charge is 2.14. The van der Waals surface area contributed by atoms with E-state index in [0.717, 1.165) is 67.1 Å². The first-order valence-electron chi connectivity index (χ1n) is 13.3. The van der Waals surface area contributed by atoms with Gasteiger partial charge in [-0.25, -0.2) is 14.8 Å². The second-order valence-electron chi connectivity index (χ2n) is 9.55. The summed E-state index contributed by atoms with van der Waals surface area (Å²) < 4.78 is 17.1. The van der Waals surface area contributed by atoms with Gasteiger partial charge in [0.05, 0.1) is 32.4 Å². The van der Waals surface area contributed by atoms with E-state index >= 15 is 0 Å². The number of carbonyl (C=O) groups is 1. The molecule has 1 saturated heterocycles. The van der Waals surface area contributed by atoms with Gasteiger partial charge in [-0.15, -0.1) is 0 Å². The number of rotatable bonds is 10. The van der Waals surface area contributed by atoms with Crippen molar-refractivity contribution in [3.63, 3.8) is 0 Å². The van der Waals surface area contributed by atoms with Gasteiger partial charge >= 0.3 is 6.03 Å². The molecule has 2 heterocycles. The summed E-state index contributed by atoms with van der Waals surface area (Å²) in [7, 11) is 1.62. The van der Waals surface area contributed by atoms with Crippen LogP contribution in [0.1, 0.15) is 12.0 Å². The summed E-state index contributed by atoms with van der Waals surface area (Å²) >= 11 is 0. The van der Waals surface area contributed by atoms with E-state index in [1.165, 1.54) is 6.33 Å². The summed E-state index contributed by atoms with van der Waals surface area (Å²) in [5.41, 5.74) is 4.03. The van der Waals surface area contributed by atoms with Crippen LogP contribution in [0.25, 0.3) is 10.9 Å². The number of amides is 2. The molecule has 208 valence electrons. The van der Waals surface area contributed by atoms with Crippen LogP contribution in [0.5, 0.6) is 11.5 Å². The van der Waals surface area contributed by atoms with Crippen molar-refractivity contribution in [3.05, 3.63) is 72.6 Å². The third-order valence-electron chi connectivity index (χ3n) is 6.58. The predicted molar refractivity (Wildman–Crippen MR) is 157 cm³/mol. The summed E-state index contributed by atoms with van der Waals surface area (Å²) in [6, 6.07) is 18.5. The van der Waals surface area contributed by atoms with Gasteiger partial charge in [0.1, 0.15) is 12.1 Å². The lowest BCUT2D eigenvalue weighted by molar-refractivity contribution is 0.0357. The molecule has 0 bridgehead atoms. The maximum Gasteiger partial charge on any atom is 0.323 e. The van der Waals surface area contributed by atoms with Gasteiger partial charge in [-0.2, -0.15) is 0 Å². The molecule has 1 aliphatic rings. The number of urea groups is 1. The smallest absolute Gasteiger partial charge is 0.323 e. The van der Waals surface area contributed by atoms with E-state index in [1.807, 2.05) is 67.6 Å². The number of hydrogen-bond acceptors (Lipinski definition) is 8. The number of carbonyl (C=O) groups excluding carboxylic acids is 1. The maximum atomic E-state index is 12.4. The maximum absolute atomic E-state index is 12.4. The zero-order valence-corrected chi connectivity index (χ0v) is 22.8. The molecule has 1 aliphatic heterocycles. The number of hydrogen-bond donors (Lipinski definition) is 3. The fourth-order valence-electron chi connectivity index (χ4n) is 4.52. The Labute approximate surface area is 233 Å². The summed E-state index contributed by atoms with van der Waals surface area (Å²) in [5.74, 6) is 1.92. The fourth-order valence-corrected chi connectivity index (χ4v) is 4.52. The van der Waals surface area contributed by atoms with E-state index in [1.54, 1.807) is 7.11 Å². The first kappa shape index (κ1) is 27.2. The predicted octanol–water partition coefficient (Wildman–Crippen LogP) is 5.44. The highest BCUT2D eigenvalue weighted by atomic mass is 16.5. The number of fused-ring (bicyclic) bond motifs is 1. The molecule has 0 spiro atoms. The zero-order valence-electron chi connectivity index (χ0n) is 22.8. The molecule has 10 heteroatoms. The third kappa shape index (κ3) is 7.16. The fraction of sp³-hybridized carbons (Fsp3) is 0.300. The van der Waals surface area contributed by atoms with Crippen molar-refractivity contribution in [3.8, 4) is 11.5 Å². The Kier molecular flexibility index (Phi) is 8.89. The number of nitrogens with one attached hydrogen (secondary N) is 3. The highest BCUT2D eigenvalue weighted by molar-refractivity contribution is 6.00. The molecule has 10 nitrogen and oxygen atoms in total. The second kappa shape index (κ2) is 13.1. The van der Waals surface area contributed by atoms with Crippen LogP contribution in [0.3, 0.4) is 0 Å². The summed E-state index contributed by atoms with van der Waals surface area (Å²) in [6.07, 6.45) is 2.42. The number of nitrogens with zero attached hydrogens (tertiary/aromatic N) is 3. The molecule has 2 amide bonds. The quantitative estimate of drug-likeness (QED) is 0.228. The number of morpholine rings is 1. The molecule has 4 aromatic rings. The van der Waals surface area contributed by atoms with Gasteiger partial charge in [-0.05, 0) is 61.4 Å². The number of anilines is 4. The van der Waals surface area contributed by atoms with Gasteiger partial charge in [0.2, 0.25) is 0 Å². The van der Waals surface area contributed by atoms with E-state index in [-0.39, 0.29) is 6.03 Å². The molecule has 0 atom stereocenters. The number of ether oxygens (including phenoxy) is 3. The lowest BCUT2D eigenvalue weighted by Crippen LogP contribution is -2.37. The Balaban J connectivity index is 1.23. The van der Waals surface area contributed by atoms with Gasteiger partial charge in [-0.1, -0.05) is 12.1 Å². The summed E-state index contributed by atoms with van der Waals surface area (Å²) in [4.78, 5) is 23.7. The molecule has 1 aromatic heterocycles. The lowest BCUT2D eigenvalue weighted by atomic mass is 10.2. The van der Waals surface area contributed by atoms with Crippen molar-refractivity contribution in [2.45, 2.75) is 13.3 Å². The first-order valence-corrected chi connectivity index (χ1v) is 13.3. The van der Waals surface area contributed by atoms with E-state index < -0.39 is 0 Å². The van der Waals surface area contributed by atoms with E-state index in [4.69, 9.17) is 14.2 Å². The monoisotopic (exact) mass is 542 g/mol. The number of aromatic nitrogens is 2. The third-order valence-corrected chi connectivity index (χ3v) is 6.58. The molecule has 3 N–H and O–H groups in total. The van der Waals surface area contributed by atoms with E-state index in [9.17, 15) is 4.79 Å². The van der Waals surface area contributed by atoms with Gasteiger partial charge in [0, 0.05) is 48.1 Å². The van der Waals surface area contributed by atoms with Crippen molar-refractivity contribution >= 4 is 39.8 Å². The van der Waals surface area contributed by atoms with Crippen molar-refractivity contribution in [2.24, 2.45) is 0 Å². The molecular formula is C30H34N6O4. The zero-order chi connectivity index (χ0) is 27.7. The van der Waals surface area contributed by atoms with Crippen LogP contribution in [-0.2, 0) is 4.74 Å². The number of methoxy groups -OCH3 is 1. The standard InChI is InChI=1S/C30H34N6O4/c1-21-5-3-6-24(17-21)35-30(37)34-23-9-7-22(8-10-23)33-29-25-18-28(27(38-2)19-26(25)31-20-32-29)40-14-4-11-36-12-15-39-16-13-36/h3,5-10,17-20H,4,11-16H2,1-2H3,(H,31,32,33)(H2,34,35,37). The Morgan fingerprint density at radius 3 is 2.50 bits per heavy atom. The van der Waals surface area contributed by atoms with E-state index in [2.05, 4.69) is 30.8 Å². The normalized spacial score (nSPS) is 13.6. The minimum Gasteiger partial charge on any atom is -0.493 e. The average Bonchev–Trinajstić information content (AvgIpc) is 2.96. The molecule has 1 fully saturated rings. The van der Waals surface area contributed by atoms with Crippen LogP contribution in [0.4, 0.5) is 27.7 Å². The van der Waals surface area contributed by atoms with Crippen molar-refractivity contribution in [1.29, 1.82) is 0 Å². The van der Waals surface area contributed by atoms with Crippen molar-refractivity contribution < 1.29 is 19.0 Å². The van der Waals surface area contributed by atoms with Crippen molar-refractivity contribution in [1.82, 2.24) is 14.9 Å². The molecule has 0 aliphatic carbocycles. The minimum absolute atomic E-state index is 0.306. The lowest BCUT2D eigenvalue weighted by Gasteiger charge is -2.26. The molecule has 0 radical (unpaired) electrons. The molecule has 0 saturated carbocycles. The topological polar surface area (TPSA) is 110 Å². The van der Waals surface area contributed by atoms with Crippen LogP contribution < -0.4 is 25.4 Å². The Morgan fingerprint density at radius 1 is 0.950 bits per heavy atom. The van der Waals surface area contributed by atoms with Crippen LogP contribution in [0, 0.1) is 6.92 Å². The van der Waals surface area contributed by atoms with Crippen LogP contribution in [-0.4, -0.2) is 67.5 Å². The largest absolute Gasteiger partial charge is 0.493 e. The van der Waals surface area contributed by atoms with Crippen LogP contribution >= 0.6 is 0 Å². The first-order chi connectivity index (χ1) is 19.6. The van der Waals surface area contributed by atoms with Gasteiger partial charge < -0.3 is 30.2 Å². The van der Waals surface area contributed by atoms with E-state index in [0.29, 0.717) is 29.6 Å². The van der Waals surface area contributed by atoms with Crippen molar-refractivity contribution in [2.75, 3.05) is 62.5 Å². The molecular weight excluding hydrogens is 508 g/mol.